The van der Waals surface area contributed by atoms with Crippen molar-refractivity contribution in [2.45, 2.75) is 380 Å². The molecule has 0 N–H and O–H groups in total. The largest absolute Gasteiger partial charge is 0.462 e. The monoisotopic (exact) mass is 1010 g/mol. The first-order chi connectivity index (χ1) is 35.5. The summed E-state index contributed by atoms with van der Waals surface area (Å²) in [6, 6.07) is 0. The minimum Gasteiger partial charge on any atom is -0.462 e. The van der Waals surface area contributed by atoms with Gasteiger partial charge in [0.05, 0.1) is 0 Å². The molecule has 0 amide bonds. The van der Waals surface area contributed by atoms with Gasteiger partial charge in [-0.2, -0.15) is 0 Å². The fraction of sp³-hybridized carbons (Fsp3) is 0.924. The van der Waals surface area contributed by atoms with Gasteiger partial charge in [0.15, 0.2) is 6.10 Å². The normalized spacial score (nSPS) is 12.0. The van der Waals surface area contributed by atoms with Gasteiger partial charge in [0.25, 0.3) is 0 Å². The molecule has 0 radical (unpaired) electrons. The van der Waals surface area contributed by atoms with Crippen LogP contribution in [-0.2, 0) is 28.6 Å². The summed E-state index contributed by atoms with van der Waals surface area (Å²) < 4.78 is 16.9. The van der Waals surface area contributed by atoms with Crippen molar-refractivity contribution in [1.82, 2.24) is 0 Å². The summed E-state index contributed by atoms with van der Waals surface area (Å²) in [6.45, 7) is 6.71. The van der Waals surface area contributed by atoms with Crippen LogP contribution in [0.15, 0.2) is 12.2 Å². The van der Waals surface area contributed by atoms with Crippen LogP contribution in [0.1, 0.15) is 374 Å². The maximum Gasteiger partial charge on any atom is 0.306 e. The number of hydrogen-bond acceptors (Lipinski definition) is 6. The Hall–Kier alpha value is -1.85. The van der Waals surface area contributed by atoms with Crippen LogP contribution in [0, 0.1) is 0 Å². The number of hydrogen-bond donors (Lipinski definition) is 0. The Morgan fingerprint density at radius 1 is 0.264 bits per heavy atom. The summed E-state index contributed by atoms with van der Waals surface area (Å²) >= 11 is 0. The van der Waals surface area contributed by atoms with Crippen LogP contribution >= 0.6 is 0 Å². The van der Waals surface area contributed by atoms with Crippen molar-refractivity contribution >= 4 is 17.9 Å². The number of unbranched alkanes of at least 4 members (excludes halogenated alkanes) is 48. The van der Waals surface area contributed by atoms with Gasteiger partial charge in [-0.15, -0.1) is 0 Å². The van der Waals surface area contributed by atoms with E-state index in [1.165, 1.54) is 276 Å². The SMILES string of the molecule is CCCCCCCC/C=C\CCCCCCCCCCCCCC(=O)OC[C@H](COC(=O)CCCCCCCCCCCCCC)OC(=O)CCCCCCCCCCCCCCCCCCCCCCC. The van der Waals surface area contributed by atoms with E-state index in [0.717, 1.165) is 57.8 Å². The second-order valence-electron chi connectivity index (χ2n) is 22.4. The van der Waals surface area contributed by atoms with Crippen LogP contribution in [0.2, 0.25) is 0 Å². The van der Waals surface area contributed by atoms with Crippen molar-refractivity contribution < 1.29 is 28.6 Å². The van der Waals surface area contributed by atoms with E-state index >= 15 is 0 Å². The van der Waals surface area contributed by atoms with Gasteiger partial charge >= 0.3 is 17.9 Å². The molecule has 6 heteroatoms. The zero-order chi connectivity index (χ0) is 52.2. The molecule has 0 aromatic rings. The van der Waals surface area contributed by atoms with Gasteiger partial charge in [-0.1, -0.05) is 322 Å². The Morgan fingerprint density at radius 3 is 0.694 bits per heavy atom. The molecule has 0 bridgehead atoms. The molecule has 0 aliphatic carbocycles. The molecule has 426 valence electrons. The number of carbonyl (C=O) groups is 3. The molecular weight excluding hydrogens is 889 g/mol. The molecular formula is C66H126O6. The average molecular weight is 1020 g/mol. The third-order valence-corrected chi connectivity index (χ3v) is 15.0. The number of esters is 3. The summed E-state index contributed by atoms with van der Waals surface area (Å²) in [7, 11) is 0. The predicted octanol–water partition coefficient (Wildman–Crippen LogP) is 22.1. The Bertz CT molecular complexity index is 1120. The lowest BCUT2D eigenvalue weighted by Gasteiger charge is -2.18. The smallest absolute Gasteiger partial charge is 0.306 e. The molecule has 1 atom stereocenters. The van der Waals surface area contributed by atoms with E-state index in [4.69, 9.17) is 14.2 Å². The van der Waals surface area contributed by atoms with Crippen LogP contribution < -0.4 is 0 Å². The minimum atomic E-state index is -0.765. The molecule has 0 spiro atoms. The summed E-state index contributed by atoms with van der Waals surface area (Å²) in [5, 5.41) is 0. The number of allylic oxidation sites excluding steroid dienone is 2. The zero-order valence-electron chi connectivity index (χ0n) is 49.0. The Morgan fingerprint density at radius 2 is 0.458 bits per heavy atom. The molecule has 0 aromatic heterocycles. The lowest BCUT2D eigenvalue weighted by Crippen LogP contribution is -2.30. The first-order valence-electron chi connectivity index (χ1n) is 32.7. The third-order valence-electron chi connectivity index (χ3n) is 15.0. The molecule has 0 unspecified atom stereocenters. The minimum absolute atomic E-state index is 0.0634. The van der Waals surface area contributed by atoms with E-state index in [1.807, 2.05) is 0 Å². The first kappa shape index (κ1) is 70.1. The highest BCUT2D eigenvalue weighted by Crippen LogP contribution is 2.18. The zero-order valence-corrected chi connectivity index (χ0v) is 49.0. The summed E-state index contributed by atoms with van der Waals surface area (Å²) in [5.74, 6) is -0.833. The fourth-order valence-corrected chi connectivity index (χ4v) is 10.1. The third kappa shape index (κ3) is 59.0. The van der Waals surface area contributed by atoms with Gasteiger partial charge in [-0.25, -0.2) is 0 Å². The summed E-state index contributed by atoms with van der Waals surface area (Å²) in [5.41, 5.74) is 0. The van der Waals surface area contributed by atoms with E-state index < -0.39 is 6.10 Å². The molecule has 0 saturated heterocycles. The molecule has 0 saturated carbocycles. The van der Waals surface area contributed by atoms with E-state index in [2.05, 4.69) is 32.9 Å². The van der Waals surface area contributed by atoms with Crippen molar-refractivity contribution in [3.63, 3.8) is 0 Å². The van der Waals surface area contributed by atoms with Crippen molar-refractivity contribution in [3.8, 4) is 0 Å². The van der Waals surface area contributed by atoms with Crippen LogP contribution in [0.5, 0.6) is 0 Å². The maximum atomic E-state index is 12.9. The van der Waals surface area contributed by atoms with Crippen molar-refractivity contribution in [1.29, 1.82) is 0 Å². The average Bonchev–Trinajstić information content (AvgIpc) is 3.38. The highest BCUT2D eigenvalue weighted by atomic mass is 16.6. The summed E-state index contributed by atoms with van der Waals surface area (Å²) in [6.07, 6.45) is 72.2. The second kappa shape index (κ2) is 61.7. The molecule has 0 fully saturated rings. The van der Waals surface area contributed by atoms with Crippen molar-refractivity contribution in [2.24, 2.45) is 0 Å². The Labute approximate surface area is 450 Å². The number of rotatable bonds is 61. The van der Waals surface area contributed by atoms with Crippen LogP contribution in [-0.4, -0.2) is 37.2 Å². The van der Waals surface area contributed by atoms with E-state index in [-0.39, 0.29) is 31.1 Å². The number of ether oxygens (including phenoxy) is 3. The molecule has 0 aliphatic rings. The van der Waals surface area contributed by atoms with Crippen molar-refractivity contribution in [2.75, 3.05) is 13.2 Å². The van der Waals surface area contributed by atoms with E-state index in [0.29, 0.717) is 19.3 Å². The van der Waals surface area contributed by atoms with Gasteiger partial charge in [-0.3, -0.25) is 14.4 Å². The topological polar surface area (TPSA) is 78.9 Å². The van der Waals surface area contributed by atoms with Crippen LogP contribution in [0.4, 0.5) is 0 Å². The maximum absolute atomic E-state index is 12.9. The molecule has 0 rings (SSSR count). The van der Waals surface area contributed by atoms with Crippen molar-refractivity contribution in [3.05, 3.63) is 12.2 Å². The second-order valence-corrected chi connectivity index (χ2v) is 22.4. The van der Waals surface area contributed by atoms with Crippen LogP contribution in [0.25, 0.3) is 0 Å². The molecule has 6 nitrogen and oxygen atoms in total. The fourth-order valence-electron chi connectivity index (χ4n) is 10.1. The highest BCUT2D eigenvalue weighted by molar-refractivity contribution is 5.71. The number of carbonyl (C=O) groups excluding carboxylic acids is 3. The van der Waals surface area contributed by atoms with E-state index in [9.17, 15) is 14.4 Å². The molecule has 0 heterocycles. The molecule has 72 heavy (non-hydrogen) atoms. The standard InChI is InChI=1S/C66H126O6/c1-4-7-10-13-16-19-22-25-27-29-31-33-35-37-39-41-44-47-50-53-56-59-65(68)71-62-63(61-70-64(67)58-55-52-49-46-43-24-21-18-15-12-9-6-3)72-66(69)60-57-54-51-48-45-42-40-38-36-34-32-30-28-26-23-20-17-14-11-8-5-2/h25,27,63H,4-24,26,28-62H2,1-3H3/b27-25-/t63-/m0/s1. The molecule has 0 aromatic carbocycles. The lowest BCUT2D eigenvalue weighted by molar-refractivity contribution is -0.167. The first-order valence-corrected chi connectivity index (χ1v) is 32.7. The van der Waals surface area contributed by atoms with Gasteiger partial charge in [-0.05, 0) is 44.9 Å². The van der Waals surface area contributed by atoms with Gasteiger partial charge in [0.1, 0.15) is 13.2 Å². The van der Waals surface area contributed by atoms with Gasteiger partial charge in [0.2, 0.25) is 0 Å². The Kier molecular flexibility index (Phi) is 60.1. The Balaban J connectivity index is 4.23. The van der Waals surface area contributed by atoms with E-state index in [1.54, 1.807) is 0 Å². The lowest BCUT2D eigenvalue weighted by atomic mass is 10.0. The van der Waals surface area contributed by atoms with Gasteiger partial charge in [0, 0.05) is 19.3 Å². The van der Waals surface area contributed by atoms with Crippen LogP contribution in [0.3, 0.4) is 0 Å². The summed E-state index contributed by atoms with van der Waals surface area (Å²) in [4.78, 5) is 38.3. The highest BCUT2D eigenvalue weighted by Gasteiger charge is 2.19. The predicted molar refractivity (Wildman–Crippen MR) is 312 cm³/mol. The quantitative estimate of drug-likeness (QED) is 0.0261. The molecule has 0 aliphatic heterocycles. The van der Waals surface area contributed by atoms with Gasteiger partial charge < -0.3 is 14.2 Å².